The second kappa shape index (κ2) is 7.26. The molecule has 4 aliphatic rings. The Labute approximate surface area is 150 Å². The zero-order chi connectivity index (χ0) is 17.4. The molecule has 1 N–H and O–H groups in total. The lowest BCUT2D eigenvalue weighted by Gasteiger charge is -2.41. The number of carbonyl (C=O) groups excluding carboxylic acids is 2. The maximum Gasteiger partial charge on any atom is 0.225 e. The van der Waals surface area contributed by atoms with Gasteiger partial charge in [0.05, 0.1) is 12.0 Å². The van der Waals surface area contributed by atoms with Crippen molar-refractivity contribution in [3.8, 4) is 0 Å². The van der Waals surface area contributed by atoms with E-state index < -0.39 is 0 Å². The Morgan fingerprint density at radius 2 is 1.80 bits per heavy atom. The maximum atomic E-state index is 13.0. The van der Waals surface area contributed by atoms with Gasteiger partial charge in [0.2, 0.25) is 11.8 Å². The number of carbonyl (C=O) groups is 2. The fourth-order valence-electron chi connectivity index (χ4n) is 4.90. The molecule has 2 saturated heterocycles. The fraction of sp³-hybridized carbons (Fsp3) is 0.900. The molecule has 0 bridgehead atoms. The van der Waals surface area contributed by atoms with Gasteiger partial charge in [0.1, 0.15) is 0 Å². The molecular weight excluding hydrogens is 316 g/mol. The van der Waals surface area contributed by atoms with Crippen LogP contribution in [0.25, 0.3) is 0 Å². The first-order valence-corrected chi connectivity index (χ1v) is 10.3. The summed E-state index contributed by atoms with van der Waals surface area (Å²) in [6.45, 7) is 5.08. The Morgan fingerprint density at radius 1 is 1.04 bits per heavy atom. The monoisotopic (exact) mass is 348 g/mol. The van der Waals surface area contributed by atoms with Crippen LogP contribution in [0.3, 0.4) is 0 Å². The van der Waals surface area contributed by atoms with Gasteiger partial charge in [-0.05, 0) is 56.8 Å². The minimum absolute atomic E-state index is 0.0527. The normalized spacial score (nSPS) is 38.3. The van der Waals surface area contributed by atoms with Crippen molar-refractivity contribution < 1.29 is 14.3 Å². The summed E-state index contributed by atoms with van der Waals surface area (Å²) in [5, 5.41) is 3.14. The van der Waals surface area contributed by atoms with Crippen molar-refractivity contribution in [2.45, 2.75) is 58.0 Å². The molecule has 4 rings (SSSR count). The van der Waals surface area contributed by atoms with Crippen molar-refractivity contribution >= 4 is 11.8 Å². The Kier molecular flexibility index (Phi) is 5.03. The van der Waals surface area contributed by atoms with Crippen molar-refractivity contribution in [2.24, 2.45) is 29.6 Å². The minimum Gasteiger partial charge on any atom is -0.376 e. The van der Waals surface area contributed by atoms with Crippen LogP contribution in [0.2, 0.25) is 0 Å². The molecule has 5 nitrogen and oxygen atoms in total. The third-order valence-corrected chi connectivity index (χ3v) is 6.87. The Morgan fingerprint density at radius 3 is 2.52 bits per heavy atom. The molecule has 2 aliphatic carbocycles. The number of hydrogen-bond acceptors (Lipinski definition) is 3. The van der Waals surface area contributed by atoms with Gasteiger partial charge >= 0.3 is 0 Å². The van der Waals surface area contributed by atoms with Crippen molar-refractivity contribution in [1.82, 2.24) is 10.2 Å². The molecule has 0 aromatic rings. The number of hydrogen-bond donors (Lipinski definition) is 1. The summed E-state index contributed by atoms with van der Waals surface area (Å²) in [4.78, 5) is 27.7. The first-order valence-electron chi connectivity index (χ1n) is 10.3. The number of likely N-dealkylation sites (tertiary alicyclic amines) is 1. The summed E-state index contributed by atoms with van der Waals surface area (Å²) in [5.41, 5.74) is 0. The van der Waals surface area contributed by atoms with E-state index in [1.54, 1.807) is 0 Å². The van der Waals surface area contributed by atoms with E-state index in [0.717, 1.165) is 51.2 Å². The number of amides is 2. The average Bonchev–Trinajstić information content (AvgIpc) is 3.33. The molecule has 25 heavy (non-hydrogen) atoms. The van der Waals surface area contributed by atoms with Gasteiger partial charge in [-0.15, -0.1) is 0 Å². The highest BCUT2D eigenvalue weighted by molar-refractivity contribution is 5.83. The molecule has 0 unspecified atom stereocenters. The Bertz CT molecular complexity index is 511. The van der Waals surface area contributed by atoms with Crippen LogP contribution in [0, 0.1) is 29.6 Å². The van der Waals surface area contributed by atoms with Crippen LogP contribution in [-0.2, 0) is 14.3 Å². The van der Waals surface area contributed by atoms with E-state index in [1.807, 2.05) is 4.90 Å². The largest absolute Gasteiger partial charge is 0.376 e. The second-order valence-electron chi connectivity index (χ2n) is 8.86. The molecule has 2 heterocycles. The average molecular weight is 348 g/mol. The zero-order valence-corrected chi connectivity index (χ0v) is 15.4. The van der Waals surface area contributed by atoms with Crippen molar-refractivity contribution in [3.63, 3.8) is 0 Å². The molecule has 2 amide bonds. The predicted molar refractivity (Wildman–Crippen MR) is 94.8 cm³/mol. The third kappa shape index (κ3) is 3.86. The van der Waals surface area contributed by atoms with Crippen LogP contribution < -0.4 is 5.32 Å². The molecule has 2 saturated carbocycles. The van der Waals surface area contributed by atoms with Gasteiger partial charge in [-0.2, -0.15) is 0 Å². The van der Waals surface area contributed by atoms with E-state index in [4.69, 9.17) is 4.74 Å². The fourth-order valence-corrected chi connectivity index (χ4v) is 4.90. The number of rotatable bonds is 4. The first-order chi connectivity index (χ1) is 12.1. The van der Waals surface area contributed by atoms with E-state index in [1.165, 1.54) is 12.8 Å². The summed E-state index contributed by atoms with van der Waals surface area (Å²) >= 11 is 0. The summed E-state index contributed by atoms with van der Waals surface area (Å²) in [6.07, 6.45) is 7.80. The van der Waals surface area contributed by atoms with E-state index in [2.05, 4.69) is 12.2 Å². The van der Waals surface area contributed by atoms with Crippen LogP contribution >= 0.6 is 0 Å². The minimum atomic E-state index is -0.0912. The topological polar surface area (TPSA) is 58.6 Å². The van der Waals surface area contributed by atoms with Crippen LogP contribution in [0.5, 0.6) is 0 Å². The van der Waals surface area contributed by atoms with Gasteiger partial charge in [-0.3, -0.25) is 9.59 Å². The smallest absolute Gasteiger partial charge is 0.225 e. The van der Waals surface area contributed by atoms with E-state index in [-0.39, 0.29) is 35.7 Å². The SMILES string of the molecule is CC1CCC(C(=O)N2C[C@H](C(=O)NCC3CC3)[C@@H]3CCO[C@@H]3C2)CC1. The van der Waals surface area contributed by atoms with Gasteiger partial charge in [0.15, 0.2) is 0 Å². The van der Waals surface area contributed by atoms with Crippen molar-refractivity contribution in [1.29, 1.82) is 0 Å². The van der Waals surface area contributed by atoms with E-state index in [0.29, 0.717) is 19.0 Å². The van der Waals surface area contributed by atoms with Crippen LogP contribution in [0.15, 0.2) is 0 Å². The molecule has 0 aromatic heterocycles. The number of piperidine rings is 1. The van der Waals surface area contributed by atoms with Gasteiger partial charge < -0.3 is 15.0 Å². The standard InChI is InChI=1S/C20H32N2O3/c1-13-2-6-15(7-3-13)20(24)22-11-17(16-8-9-25-18(16)12-22)19(23)21-10-14-4-5-14/h13-18H,2-12H2,1H3,(H,21,23)/t13?,15?,16-,17-,18+/m0/s1. The molecule has 3 atom stereocenters. The quantitative estimate of drug-likeness (QED) is 0.847. The first kappa shape index (κ1) is 17.3. The Balaban J connectivity index is 1.40. The number of nitrogens with zero attached hydrogens (tertiary/aromatic N) is 1. The highest BCUT2D eigenvalue weighted by Gasteiger charge is 2.46. The number of nitrogens with one attached hydrogen (secondary N) is 1. The molecule has 4 fully saturated rings. The second-order valence-corrected chi connectivity index (χ2v) is 8.86. The lowest BCUT2D eigenvalue weighted by molar-refractivity contribution is -0.146. The lowest BCUT2D eigenvalue weighted by atomic mass is 9.79. The Hall–Kier alpha value is -1.10. The highest BCUT2D eigenvalue weighted by Crippen LogP contribution is 2.36. The molecule has 0 radical (unpaired) electrons. The van der Waals surface area contributed by atoms with Gasteiger partial charge in [-0.25, -0.2) is 0 Å². The predicted octanol–water partition coefficient (Wildman–Crippen LogP) is 2.20. The van der Waals surface area contributed by atoms with Gasteiger partial charge in [-0.1, -0.05) is 6.92 Å². The number of fused-ring (bicyclic) bond motifs is 1. The zero-order valence-electron chi connectivity index (χ0n) is 15.4. The molecule has 2 aliphatic heterocycles. The van der Waals surface area contributed by atoms with Crippen LogP contribution in [0.4, 0.5) is 0 Å². The molecule has 0 aromatic carbocycles. The summed E-state index contributed by atoms with van der Waals surface area (Å²) in [7, 11) is 0. The molecule has 140 valence electrons. The van der Waals surface area contributed by atoms with E-state index in [9.17, 15) is 9.59 Å². The van der Waals surface area contributed by atoms with Gasteiger partial charge in [0, 0.05) is 38.1 Å². The summed E-state index contributed by atoms with van der Waals surface area (Å²) in [6, 6.07) is 0. The van der Waals surface area contributed by atoms with Crippen molar-refractivity contribution in [2.75, 3.05) is 26.2 Å². The van der Waals surface area contributed by atoms with E-state index >= 15 is 0 Å². The highest BCUT2D eigenvalue weighted by atomic mass is 16.5. The van der Waals surface area contributed by atoms with Gasteiger partial charge in [0.25, 0.3) is 0 Å². The molecule has 0 spiro atoms. The van der Waals surface area contributed by atoms with Crippen LogP contribution in [0.1, 0.15) is 51.9 Å². The van der Waals surface area contributed by atoms with Crippen molar-refractivity contribution in [3.05, 3.63) is 0 Å². The van der Waals surface area contributed by atoms with Crippen LogP contribution in [-0.4, -0.2) is 49.1 Å². The molecular formula is C20H32N2O3. The number of ether oxygens (including phenoxy) is 1. The maximum absolute atomic E-state index is 13.0. The third-order valence-electron chi connectivity index (χ3n) is 6.87. The summed E-state index contributed by atoms with van der Waals surface area (Å²) < 4.78 is 5.89. The summed E-state index contributed by atoms with van der Waals surface area (Å²) in [5.74, 6) is 2.19. The lowest BCUT2D eigenvalue weighted by Crippen LogP contribution is -2.55. The molecule has 5 heteroatoms.